The number of hydrogen-bond acceptors (Lipinski definition) is 6. The summed E-state index contributed by atoms with van der Waals surface area (Å²) in [5.74, 6) is -0.894. The van der Waals surface area contributed by atoms with Gasteiger partial charge in [0.1, 0.15) is 0 Å². The highest BCUT2D eigenvalue weighted by Gasteiger charge is 2.38. The first kappa shape index (κ1) is 23.4. The topological polar surface area (TPSA) is 71.1 Å². The van der Waals surface area contributed by atoms with Crippen molar-refractivity contribution in [3.8, 4) is 0 Å². The molecule has 2 unspecified atom stereocenters. The molecule has 0 bridgehead atoms. The smallest absolute Gasteiger partial charge is 0.335 e. The van der Waals surface area contributed by atoms with Gasteiger partial charge in [0, 0.05) is 11.1 Å². The van der Waals surface area contributed by atoms with Crippen molar-refractivity contribution in [3.63, 3.8) is 0 Å². The number of esters is 2. The van der Waals surface area contributed by atoms with Gasteiger partial charge in [-0.05, 0) is 59.8 Å². The molecular weight excluding hydrogens is 348 g/mol. The van der Waals surface area contributed by atoms with Crippen LogP contribution in [0.1, 0.15) is 73.1 Å². The third-order valence-electron chi connectivity index (χ3n) is 4.59. The van der Waals surface area contributed by atoms with Gasteiger partial charge in [-0.1, -0.05) is 26.5 Å². The average molecular weight is 382 g/mol. The molecule has 0 aliphatic heterocycles. The molecule has 1 aliphatic rings. The summed E-state index contributed by atoms with van der Waals surface area (Å²) in [7, 11) is 0. The van der Waals surface area contributed by atoms with E-state index in [4.69, 9.17) is 18.9 Å². The molecule has 1 fully saturated rings. The summed E-state index contributed by atoms with van der Waals surface area (Å²) in [4.78, 5) is 23.3. The molecule has 6 heteroatoms. The molecule has 0 aromatic heterocycles. The van der Waals surface area contributed by atoms with Gasteiger partial charge in [0.05, 0.1) is 11.7 Å². The Kier molecular flexibility index (Phi) is 9.19. The van der Waals surface area contributed by atoms with E-state index in [0.717, 1.165) is 38.5 Å². The third kappa shape index (κ3) is 7.85. The molecule has 0 N–H and O–H groups in total. The Bertz CT molecular complexity index is 545. The van der Waals surface area contributed by atoms with Crippen molar-refractivity contribution >= 4 is 11.9 Å². The van der Waals surface area contributed by atoms with Crippen molar-refractivity contribution < 1.29 is 28.5 Å². The molecule has 0 saturated heterocycles. The molecular formula is C21H34O6. The van der Waals surface area contributed by atoms with Crippen LogP contribution in [-0.4, -0.2) is 36.2 Å². The SMILES string of the molecule is C=C(C)C(=O)OC(C)OC1CCC(CCC)(OC(C)OC(=O)C(=C)C)CC1. The zero-order valence-corrected chi connectivity index (χ0v) is 17.3. The maximum absolute atomic E-state index is 11.7. The Hall–Kier alpha value is -1.66. The Morgan fingerprint density at radius 3 is 1.93 bits per heavy atom. The molecule has 27 heavy (non-hydrogen) atoms. The van der Waals surface area contributed by atoms with E-state index in [1.165, 1.54) is 0 Å². The molecule has 0 amide bonds. The Labute approximate surface area is 162 Å². The fourth-order valence-corrected chi connectivity index (χ4v) is 3.31. The highest BCUT2D eigenvalue weighted by molar-refractivity contribution is 5.87. The summed E-state index contributed by atoms with van der Waals surface area (Å²) in [5.41, 5.74) is 0.370. The normalized spacial score (nSPS) is 24.6. The van der Waals surface area contributed by atoms with Crippen LogP contribution in [0.25, 0.3) is 0 Å². The van der Waals surface area contributed by atoms with Crippen molar-refractivity contribution in [1.29, 1.82) is 0 Å². The number of carbonyl (C=O) groups excluding carboxylic acids is 2. The van der Waals surface area contributed by atoms with Gasteiger partial charge in [0.2, 0.25) is 12.6 Å². The van der Waals surface area contributed by atoms with Crippen LogP contribution in [-0.2, 0) is 28.5 Å². The lowest BCUT2D eigenvalue weighted by atomic mass is 9.80. The second-order valence-electron chi connectivity index (χ2n) is 7.39. The lowest BCUT2D eigenvalue weighted by Crippen LogP contribution is -2.43. The molecule has 1 aliphatic carbocycles. The van der Waals surface area contributed by atoms with Crippen LogP contribution in [0.15, 0.2) is 24.3 Å². The Balaban J connectivity index is 2.56. The van der Waals surface area contributed by atoms with Crippen molar-refractivity contribution in [2.45, 2.75) is 97.4 Å². The molecule has 0 heterocycles. The summed E-state index contributed by atoms with van der Waals surface area (Å²) >= 11 is 0. The van der Waals surface area contributed by atoms with Crippen LogP contribution in [0, 0.1) is 0 Å². The minimum atomic E-state index is -0.631. The van der Waals surface area contributed by atoms with E-state index >= 15 is 0 Å². The van der Waals surface area contributed by atoms with Gasteiger partial charge in [-0.25, -0.2) is 9.59 Å². The monoisotopic (exact) mass is 382 g/mol. The van der Waals surface area contributed by atoms with E-state index < -0.39 is 24.5 Å². The second kappa shape index (κ2) is 10.6. The van der Waals surface area contributed by atoms with Crippen LogP contribution in [0.2, 0.25) is 0 Å². The number of hydrogen-bond donors (Lipinski definition) is 0. The number of ether oxygens (including phenoxy) is 4. The Morgan fingerprint density at radius 2 is 1.48 bits per heavy atom. The highest BCUT2D eigenvalue weighted by Crippen LogP contribution is 2.38. The highest BCUT2D eigenvalue weighted by atomic mass is 16.7. The lowest BCUT2D eigenvalue weighted by Gasteiger charge is -2.41. The fraction of sp³-hybridized carbons (Fsp3) is 0.714. The molecule has 6 nitrogen and oxygen atoms in total. The first-order valence-corrected chi connectivity index (χ1v) is 9.65. The molecule has 0 radical (unpaired) electrons. The summed E-state index contributed by atoms with van der Waals surface area (Å²) < 4.78 is 22.5. The van der Waals surface area contributed by atoms with Gasteiger partial charge in [0.15, 0.2) is 0 Å². The van der Waals surface area contributed by atoms with Gasteiger partial charge in [0.25, 0.3) is 0 Å². The third-order valence-corrected chi connectivity index (χ3v) is 4.59. The van der Waals surface area contributed by atoms with Crippen LogP contribution < -0.4 is 0 Å². The molecule has 1 saturated carbocycles. The fourth-order valence-electron chi connectivity index (χ4n) is 3.31. The maximum atomic E-state index is 11.7. The van der Waals surface area contributed by atoms with Crippen LogP contribution >= 0.6 is 0 Å². The molecule has 1 rings (SSSR count). The van der Waals surface area contributed by atoms with Crippen molar-refractivity contribution in [3.05, 3.63) is 24.3 Å². The lowest BCUT2D eigenvalue weighted by molar-refractivity contribution is -0.226. The molecule has 154 valence electrons. The van der Waals surface area contributed by atoms with Crippen LogP contribution in [0.3, 0.4) is 0 Å². The van der Waals surface area contributed by atoms with Gasteiger partial charge < -0.3 is 18.9 Å². The Morgan fingerprint density at radius 1 is 1.00 bits per heavy atom. The number of carbonyl (C=O) groups is 2. The van der Waals surface area contributed by atoms with Crippen molar-refractivity contribution in [2.24, 2.45) is 0 Å². The maximum Gasteiger partial charge on any atom is 0.335 e. The summed E-state index contributed by atoms with van der Waals surface area (Å²) in [5, 5.41) is 0. The first-order chi connectivity index (χ1) is 12.6. The largest absolute Gasteiger partial charge is 0.433 e. The van der Waals surface area contributed by atoms with Crippen LogP contribution in [0.5, 0.6) is 0 Å². The van der Waals surface area contributed by atoms with E-state index in [-0.39, 0.29) is 11.7 Å². The molecule has 2 atom stereocenters. The minimum Gasteiger partial charge on any atom is -0.433 e. The van der Waals surface area contributed by atoms with E-state index in [0.29, 0.717) is 11.1 Å². The van der Waals surface area contributed by atoms with Gasteiger partial charge in [-0.2, -0.15) is 0 Å². The van der Waals surface area contributed by atoms with Gasteiger partial charge >= 0.3 is 11.9 Å². The van der Waals surface area contributed by atoms with E-state index in [1.54, 1.807) is 27.7 Å². The van der Waals surface area contributed by atoms with E-state index in [9.17, 15) is 9.59 Å². The van der Waals surface area contributed by atoms with Crippen molar-refractivity contribution in [2.75, 3.05) is 0 Å². The second-order valence-corrected chi connectivity index (χ2v) is 7.39. The molecule has 0 aromatic rings. The van der Waals surface area contributed by atoms with Gasteiger partial charge in [-0.15, -0.1) is 0 Å². The summed E-state index contributed by atoms with van der Waals surface area (Å²) in [6.07, 6.45) is 3.77. The van der Waals surface area contributed by atoms with Crippen LogP contribution in [0.4, 0.5) is 0 Å². The van der Waals surface area contributed by atoms with Gasteiger partial charge in [-0.3, -0.25) is 0 Å². The van der Waals surface area contributed by atoms with E-state index in [1.807, 2.05) is 0 Å². The van der Waals surface area contributed by atoms with E-state index in [2.05, 4.69) is 20.1 Å². The number of rotatable bonds is 10. The zero-order valence-electron chi connectivity index (χ0n) is 17.3. The zero-order chi connectivity index (χ0) is 20.6. The minimum absolute atomic E-state index is 0.000205. The standard InChI is InChI=1S/C21H34O6/c1-8-11-21(27-17(7)26-20(23)15(4)5)12-9-18(10-13-21)24-16(6)25-19(22)14(2)3/h16-18H,2,4,8-13H2,1,3,5-7H3. The summed E-state index contributed by atoms with van der Waals surface area (Å²) in [6.45, 7) is 15.9. The summed E-state index contributed by atoms with van der Waals surface area (Å²) in [6, 6.07) is 0. The molecule has 0 spiro atoms. The first-order valence-electron chi connectivity index (χ1n) is 9.65. The average Bonchev–Trinajstić information content (AvgIpc) is 2.56. The van der Waals surface area contributed by atoms with Crippen molar-refractivity contribution in [1.82, 2.24) is 0 Å². The molecule has 0 aromatic carbocycles. The predicted octanol–water partition coefficient (Wildman–Crippen LogP) is 4.43. The quantitative estimate of drug-likeness (QED) is 0.316. The predicted molar refractivity (Wildman–Crippen MR) is 103 cm³/mol.